The first kappa shape index (κ1) is 14.3. The molecule has 1 aromatic carbocycles. The van der Waals surface area contributed by atoms with E-state index < -0.39 is 15.6 Å². The first-order valence-electron chi connectivity index (χ1n) is 6.34. The smallest absolute Gasteiger partial charge is 0.240 e. The van der Waals surface area contributed by atoms with E-state index in [1.54, 1.807) is 24.3 Å². The van der Waals surface area contributed by atoms with Crippen LogP contribution in [0.4, 0.5) is 5.69 Å². The fraction of sp³-hybridized carbons (Fsp3) is 0.538. The molecule has 0 heterocycles. The Hall–Kier alpha value is -1.11. The van der Waals surface area contributed by atoms with Gasteiger partial charge in [0.2, 0.25) is 10.0 Å². The highest BCUT2D eigenvalue weighted by atomic mass is 32.2. The monoisotopic (exact) mass is 284 g/mol. The maximum absolute atomic E-state index is 12.0. The summed E-state index contributed by atoms with van der Waals surface area (Å²) in [5, 5.41) is 12.3. The van der Waals surface area contributed by atoms with Crippen molar-refractivity contribution in [2.45, 2.75) is 43.2 Å². The number of aliphatic hydroxyl groups excluding tert-OH is 1. The highest BCUT2D eigenvalue weighted by Crippen LogP contribution is 2.23. The summed E-state index contributed by atoms with van der Waals surface area (Å²) in [5.74, 6) is 0. The average Bonchev–Trinajstić information content (AvgIpc) is 3.12. The Morgan fingerprint density at radius 2 is 1.84 bits per heavy atom. The molecule has 2 rings (SSSR count). The molecule has 0 aromatic heterocycles. The summed E-state index contributed by atoms with van der Waals surface area (Å²) in [4.78, 5) is 0.270. The van der Waals surface area contributed by atoms with Crippen molar-refractivity contribution in [3.63, 3.8) is 0 Å². The summed E-state index contributed by atoms with van der Waals surface area (Å²) in [5.41, 5.74) is 0.344. The van der Waals surface area contributed by atoms with Gasteiger partial charge in [-0.15, -0.1) is 0 Å². The number of nitrogens with one attached hydrogen (secondary N) is 2. The molecule has 1 fully saturated rings. The largest absolute Gasteiger partial charge is 0.394 e. The van der Waals surface area contributed by atoms with Gasteiger partial charge in [-0.2, -0.15) is 0 Å². The molecule has 0 unspecified atom stereocenters. The molecule has 0 aliphatic heterocycles. The molecule has 0 atom stereocenters. The average molecular weight is 284 g/mol. The molecule has 1 aliphatic rings. The van der Waals surface area contributed by atoms with Crippen LogP contribution in [0.3, 0.4) is 0 Å². The van der Waals surface area contributed by atoms with Gasteiger partial charge in [0.1, 0.15) is 0 Å². The summed E-state index contributed by atoms with van der Waals surface area (Å²) >= 11 is 0. The van der Waals surface area contributed by atoms with Crippen molar-refractivity contribution in [2.75, 3.05) is 11.9 Å². The van der Waals surface area contributed by atoms with Gasteiger partial charge < -0.3 is 10.4 Å². The molecule has 1 saturated carbocycles. The van der Waals surface area contributed by atoms with Crippen molar-refractivity contribution in [2.24, 2.45) is 0 Å². The Bertz CT molecular complexity index is 534. The lowest BCUT2D eigenvalue weighted by molar-refractivity contribution is 0.234. The zero-order valence-corrected chi connectivity index (χ0v) is 12.0. The third kappa shape index (κ3) is 3.92. The normalized spacial score (nSPS) is 16.4. The van der Waals surface area contributed by atoms with Gasteiger partial charge in [0, 0.05) is 11.7 Å². The van der Waals surface area contributed by atoms with Gasteiger partial charge in [-0.1, -0.05) is 0 Å². The quantitative estimate of drug-likeness (QED) is 0.736. The lowest BCUT2D eigenvalue weighted by Gasteiger charge is -2.25. The van der Waals surface area contributed by atoms with Crippen molar-refractivity contribution < 1.29 is 13.5 Å². The van der Waals surface area contributed by atoms with Gasteiger partial charge in [0.15, 0.2) is 0 Å². The molecule has 19 heavy (non-hydrogen) atoms. The molecule has 1 aliphatic carbocycles. The highest BCUT2D eigenvalue weighted by Gasteiger charge is 2.27. The molecule has 5 nitrogen and oxygen atoms in total. The van der Waals surface area contributed by atoms with Crippen molar-refractivity contribution >= 4 is 15.7 Å². The lowest BCUT2D eigenvalue weighted by atomic mass is 10.1. The van der Waals surface area contributed by atoms with Gasteiger partial charge in [0.05, 0.1) is 17.0 Å². The van der Waals surface area contributed by atoms with Crippen molar-refractivity contribution in [1.29, 1.82) is 0 Å². The second kappa shape index (κ2) is 5.11. The molecule has 0 saturated heterocycles. The van der Waals surface area contributed by atoms with Crippen LogP contribution in [0.2, 0.25) is 0 Å². The first-order chi connectivity index (χ1) is 8.82. The second-order valence-electron chi connectivity index (χ2n) is 5.59. The zero-order valence-electron chi connectivity index (χ0n) is 11.2. The number of anilines is 1. The molecule has 0 amide bonds. The predicted molar refractivity (Wildman–Crippen MR) is 74.6 cm³/mol. The highest BCUT2D eigenvalue weighted by molar-refractivity contribution is 7.89. The molecule has 3 N–H and O–H groups in total. The number of sulfonamides is 1. The van der Waals surface area contributed by atoms with Gasteiger partial charge in [0.25, 0.3) is 0 Å². The van der Waals surface area contributed by atoms with E-state index in [9.17, 15) is 13.5 Å². The molecule has 0 bridgehead atoms. The molecular formula is C13H20N2O3S. The fourth-order valence-corrected chi connectivity index (χ4v) is 2.94. The molecule has 106 valence electrons. The summed E-state index contributed by atoms with van der Waals surface area (Å²) in [7, 11) is -3.39. The van der Waals surface area contributed by atoms with E-state index in [4.69, 9.17) is 0 Å². The van der Waals surface area contributed by atoms with E-state index in [2.05, 4.69) is 10.0 Å². The number of benzene rings is 1. The molecule has 6 heteroatoms. The Morgan fingerprint density at radius 3 is 2.32 bits per heavy atom. The van der Waals surface area contributed by atoms with Crippen molar-refractivity contribution in [1.82, 2.24) is 4.72 Å². The van der Waals surface area contributed by atoms with Crippen LogP contribution < -0.4 is 10.0 Å². The van der Waals surface area contributed by atoms with E-state index in [1.165, 1.54) is 0 Å². The predicted octanol–water partition coefficient (Wildman–Crippen LogP) is 1.31. The third-order valence-corrected chi connectivity index (χ3v) is 4.48. The molecule has 0 spiro atoms. The van der Waals surface area contributed by atoms with Gasteiger partial charge in [-0.25, -0.2) is 13.1 Å². The summed E-state index contributed by atoms with van der Waals surface area (Å²) in [6, 6.07) is 6.66. The first-order valence-corrected chi connectivity index (χ1v) is 7.82. The van der Waals surface area contributed by atoms with Crippen LogP contribution in [-0.4, -0.2) is 31.7 Å². The summed E-state index contributed by atoms with van der Waals surface area (Å²) in [6.45, 7) is 3.73. The maximum Gasteiger partial charge on any atom is 0.240 e. The molecule has 0 radical (unpaired) electrons. The van der Waals surface area contributed by atoms with Crippen LogP contribution in [0.15, 0.2) is 29.2 Å². The minimum atomic E-state index is -3.39. The maximum atomic E-state index is 12.0. The minimum absolute atomic E-state index is 0.00368. The number of hydrogen-bond donors (Lipinski definition) is 3. The van der Waals surface area contributed by atoms with E-state index in [0.29, 0.717) is 0 Å². The molecule has 1 aromatic rings. The van der Waals surface area contributed by atoms with Crippen LogP contribution in [0, 0.1) is 0 Å². The Labute approximate surface area is 114 Å². The standard InChI is InChI=1S/C13H20N2O3S/c1-13(2,9-16)14-10-5-7-12(8-6-10)19(17,18)15-11-3-4-11/h5-8,11,14-16H,3-4,9H2,1-2H3. The fourth-order valence-electron chi connectivity index (χ4n) is 1.64. The minimum Gasteiger partial charge on any atom is -0.394 e. The van der Waals surface area contributed by atoms with Crippen LogP contribution in [-0.2, 0) is 10.0 Å². The number of aliphatic hydroxyl groups is 1. The Kier molecular flexibility index (Phi) is 3.85. The zero-order chi connectivity index (χ0) is 14.1. The van der Waals surface area contributed by atoms with Crippen LogP contribution in [0.5, 0.6) is 0 Å². The van der Waals surface area contributed by atoms with E-state index in [0.717, 1.165) is 18.5 Å². The van der Waals surface area contributed by atoms with E-state index >= 15 is 0 Å². The van der Waals surface area contributed by atoms with Crippen molar-refractivity contribution in [3.05, 3.63) is 24.3 Å². The lowest BCUT2D eigenvalue weighted by Crippen LogP contribution is -2.34. The number of hydrogen-bond acceptors (Lipinski definition) is 4. The third-order valence-electron chi connectivity index (χ3n) is 2.94. The summed E-state index contributed by atoms with van der Waals surface area (Å²) < 4.78 is 26.6. The van der Waals surface area contributed by atoms with Crippen molar-refractivity contribution in [3.8, 4) is 0 Å². The van der Waals surface area contributed by atoms with Crippen LogP contribution in [0.1, 0.15) is 26.7 Å². The number of rotatable bonds is 6. The Morgan fingerprint density at radius 1 is 1.26 bits per heavy atom. The summed E-state index contributed by atoms with van der Waals surface area (Å²) in [6.07, 6.45) is 1.84. The van der Waals surface area contributed by atoms with Gasteiger partial charge in [-0.3, -0.25) is 0 Å². The van der Waals surface area contributed by atoms with Gasteiger partial charge in [-0.05, 0) is 51.0 Å². The Balaban J connectivity index is 2.09. The van der Waals surface area contributed by atoms with E-state index in [1.807, 2.05) is 13.8 Å². The van der Waals surface area contributed by atoms with Gasteiger partial charge >= 0.3 is 0 Å². The van der Waals surface area contributed by atoms with E-state index in [-0.39, 0.29) is 17.5 Å². The topological polar surface area (TPSA) is 78.4 Å². The SMILES string of the molecule is CC(C)(CO)Nc1ccc(S(=O)(=O)NC2CC2)cc1. The second-order valence-corrected chi connectivity index (χ2v) is 7.30. The van der Waals surface area contributed by atoms with Crippen LogP contribution >= 0.6 is 0 Å². The molecular weight excluding hydrogens is 264 g/mol. The van der Waals surface area contributed by atoms with Crippen LogP contribution in [0.25, 0.3) is 0 Å².